The van der Waals surface area contributed by atoms with E-state index in [2.05, 4.69) is 15.4 Å². The highest BCUT2D eigenvalue weighted by molar-refractivity contribution is 6.00. The number of amides is 2. The molecule has 2 amide bonds. The Bertz CT molecular complexity index is 1800. The van der Waals surface area contributed by atoms with Gasteiger partial charge in [0.25, 0.3) is 5.91 Å². The molecule has 3 N–H and O–H groups in total. The Labute approximate surface area is 250 Å². The Morgan fingerprint density at radius 3 is 2.47 bits per heavy atom. The molecule has 3 heterocycles. The third-order valence-electron chi connectivity index (χ3n) is 7.59. The first kappa shape index (κ1) is 31.6. The average Bonchev–Trinajstić information content (AvgIpc) is 3.60. The SMILES string of the molecule is CNC(=O)[C@@]1(C)COc2c1cc(C(O)(CNC(=O)c1cc(OC)c3nn(C(F)F)cc3c1)C(F)(F)F)nc2-c1ccc(F)cc1. The van der Waals surface area contributed by atoms with Crippen molar-refractivity contribution < 1.29 is 50.5 Å². The van der Waals surface area contributed by atoms with Gasteiger partial charge in [0.15, 0.2) is 0 Å². The van der Waals surface area contributed by atoms with Crippen LogP contribution in [0, 0.1) is 5.82 Å². The topological polar surface area (TPSA) is 128 Å². The largest absolute Gasteiger partial charge is 0.494 e. The number of carbonyl (C=O) groups excluding carboxylic acids is 2. The number of methoxy groups -OCH3 is 1. The molecule has 0 aliphatic carbocycles. The number of benzene rings is 2. The Balaban J connectivity index is 1.58. The molecule has 2 aromatic heterocycles. The van der Waals surface area contributed by atoms with E-state index < -0.39 is 53.6 Å². The molecule has 2 atom stereocenters. The minimum atomic E-state index is -5.43. The molecule has 0 radical (unpaired) electrons. The lowest BCUT2D eigenvalue weighted by Crippen LogP contribution is -2.52. The van der Waals surface area contributed by atoms with Gasteiger partial charge in [-0.3, -0.25) is 9.59 Å². The molecule has 10 nitrogen and oxygen atoms in total. The van der Waals surface area contributed by atoms with E-state index in [4.69, 9.17) is 9.47 Å². The van der Waals surface area contributed by atoms with Gasteiger partial charge >= 0.3 is 12.7 Å². The number of hydrogen-bond donors (Lipinski definition) is 3. The van der Waals surface area contributed by atoms with Gasteiger partial charge in [0.2, 0.25) is 11.5 Å². The Morgan fingerprint density at radius 2 is 1.87 bits per heavy atom. The number of fused-ring (bicyclic) bond motifs is 2. The van der Waals surface area contributed by atoms with E-state index in [9.17, 15) is 41.0 Å². The molecular formula is C29H25F6N5O5. The van der Waals surface area contributed by atoms with Crippen LogP contribution < -0.4 is 20.1 Å². The van der Waals surface area contributed by atoms with Gasteiger partial charge in [0, 0.05) is 35.3 Å². The molecule has 238 valence electrons. The number of rotatable bonds is 8. The van der Waals surface area contributed by atoms with Crippen LogP contribution in [0.2, 0.25) is 0 Å². The quantitative estimate of drug-likeness (QED) is 0.247. The van der Waals surface area contributed by atoms with E-state index in [0.29, 0.717) is 4.68 Å². The Morgan fingerprint density at radius 1 is 1.18 bits per heavy atom. The van der Waals surface area contributed by atoms with E-state index in [-0.39, 0.29) is 51.4 Å². The fraction of sp³-hybridized carbons (Fsp3) is 0.310. The third kappa shape index (κ3) is 5.38. The van der Waals surface area contributed by atoms with Crippen molar-refractivity contribution >= 4 is 22.7 Å². The van der Waals surface area contributed by atoms with Crippen LogP contribution in [0.1, 0.15) is 35.1 Å². The first-order valence-corrected chi connectivity index (χ1v) is 13.2. The van der Waals surface area contributed by atoms with Crippen molar-refractivity contribution in [2.75, 3.05) is 27.3 Å². The highest BCUT2D eigenvalue weighted by Gasteiger charge is 2.57. The molecule has 0 saturated heterocycles. The summed E-state index contributed by atoms with van der Waals surface area (Å²) in [6.45, 7) is -3.28. The molecule has 0 saturated carbocycles. The van der Waals surface area contributed by atoms with Gasteiger partial charge in [-0.15, -0.1) is 0 Å². The molecule has 16 heteroatoms. The van der Waals surface area contributed by atoms with Gasteiger partial charge in [0.1, 0.15) is 40.5 Å². The standard InChI is InChI=1S/C29H25F6N5O5/c1-27(25(42)36-2)13-45-23-18(27)10-20(38-22(23)14-4-6-17(30)7-5-14)28(43,29(33,34)35)12-37-24(41)15-8-16-11-40(26(31)32)39-21(16)19(9-15)44-3/h4-11,26,43H,12-13H2,1-3H3,(H,36,42)(H,37,41)/t27-,28?/m0/s1. The van der Waals surface area contributed by atoms with Crippen LogP contribution in [0.5, 0.6) is 11.5 Å². The van der Waals surface area contributed by atoms with Crippen molar-refractivity contribution in [2.24, 2.45) is 0 Å². The molecule has 0 spiro atoms. The van der Waals surface area contributed by atoms with E-state index in [1.165, 1.54) is 33.2 Å². The highest BCUT2D eigenvalue weighted by Crippen LogP contribution is 2.48. The highest BCUT2D eigenvalue weighted by atomic mass is 19.4. The summed E-state index contributed by atoms with van der Waals surface area (Å²) in [5.41, 5.74) is -6.66. The van der Waals surface area contributed by atoms with E-state index >= 15 is 0 Å². The van der Waals surface area contributed by atoms with Gasteiger partial charge in [-0.2, -0.15) is 27.1 Å². The molecule has 1 unspecified atom stereocenters. The number of nitrogens with one attached hydrogen (secondary N) is 2. The maximum Gasteiger partial charge on any atom is 0.424 e. The van der Waals surface area contributed by atoms with Crippen LogP contribution in [0.4, 0.5) is 26.3 Å². The molecule has 4 aromatic rings. The molecule has 1 aliphatic rings. The number of ether oxygens (including phenoxy) is 2. The third-order valence-corrected chi connectivity index (χ3v) is 7.59. The first-order chi connectivity index (χ1) is 21.1. The summed E-state index contributed by atoms with van der Waals surface area (Å²) in [6, 6.07) is 7.70. The monoisotopic (exact) mass is 637 g/mol. The van der Waals surface area contributed by atoms with Crippen LogP contribution >= 0.6 is 0 Å². The van der Waals surface area contributed by atoms with Gasteiger partial charge in [-0.05, 0) is 49.4 Å². The lowest BCUT2D eigenvalue weighted by atomic mass is 9.81. The van der Waals surface area contributed by atoms with E-state index in [0.717, 1.165) is 36.5 Å². The molecule has 45 heavy (non-hydrogen) atoms. The smallest absolute Gasteiger partial charge is 0.424 e. The summed E-state index contributed by atoms with van der Waals surface area (Å²) >= 11 is 0. The zero-order chi connectivity index (χ0) is 32.9. The van der Waals surface area contributed by atoms with Crippen molar-refractivity contribution in [3.63, 3.8) is 0 Å². The second kappa shape index (κ2) is 11.3. The van der Waals surface area contributed by atoms with Gasteiger partial charge in [-0.25, -0.2) is 14.1 Å². The van der Waals surface area contributed by atoms with E-state index in [1.54, 1.807) is 0 Å². The number of alkyl halides is 5. The molecule has 1 aliphatic heterocycles. The average molecular weight is 638 g/mol. The van der Waals surface area contributed by atoms with Crippen LogP contribution in [-0.2, 0) is 15.8 Å². The minimum Gasteiger partial charge on any atom is -0.494 e. The van der Waals surface area contributed by atoms with Crippen molar-refractivity contribution in [1.82, 2.24) is 25.4 Å². The fourth-order valence-electron chi connectivity index (χ4n) is 5.02. The summed E-state index contributed by atoms with van der Waals surface area (Å²) < 4.78 is 95.3. The molecule has 0 bridgehead atoms. The van der Waals surface area contributed by atoms with Crippen LogP contribution in [0.15, 0.2) is 48.7 Å². The summed E-state index contributed by atoms with van der Waals surface area (Å²) in [5, 5.41) is 19.5. The first-order valence-electron chi connectivity index (χ1n) is 13.2. The Hall–Kier alpha value is -4.86. The number of hydrogen-bond acceptors (Lipinski definition) is 7. The molecule has 0 fully saturated rings. The zero-order valence-corrected chi connectivity index (χ0v) is 23.8. The summed E-state index contributed by atoms with van der Waals surface area (Å²) in [4.78, 5) is 30.0. The number of likely N-dealkylation sites (N-methyl/N-ethyl adjacent to an activating group) is 1. The number of halogens is 6. The molecule has 5 rings (SSSR count). The molecule has 2 aromatic carbocycles. The lowest BCUT2D eigenvalue weighted by molar-refractivity contribution is -0.265. The van der Waals surface area contributed by atoms with Gasteiger partial charge in [-0.1, -0.05) is 0 Å². The fourth-order valence-corrected chi connectivity index (χ4v) is 5.02. The van der Waals surface area contributed by atoms with E-state index in [1.807, 2.05) is 5.32 Å². The molecular weight excluding hydrogens is 612 g/mol. The van der Waals surface area contributed by atoms with Crippen molar-refractivity contribution in [3.8, 4) is 22.8 Å². The summed E-state index contributed by atoms with van der Waals surface area (Å²) in [6.07, 6.45) is -4.49. The summed E-state index contributed by atoms with van der Waals surface area (Å²) in [5.74, 6) is -2.46. The second-order valence-corrected chi connectivity index (χ2v) is 10.5. The van der Waals surface area contributed by atoms with Crippen molar-refractivity contribution in [2.45, 2.75) is 30.7 Å². The number of nitrogens with zero attached hydrogens (tertiary/aromatic N) is 3. The van der Waals surface area contributed by atoms with Crippen molar-refractivity contribution in [3.05, 3.63) is 71.3 Å². The summed E-state index contributed by atoms with van der Waals surface area (Å²) in [7, 11) is 2.52. The van der Waals surface area contributed by atoms with Gasteiger partial charge < -0.3 is 25.2 Å². The number of aliphatic hydroxyl groups is 1. The van der Waals surface area contributed by atoms with Crippen LogP contribution in [0.25, 0.3) is 22.2 Å². The number of pyridine rings is 1. The minimum absolute atomic E-state index is 0.0156. The lowest BCUT2D eigenvalue weighted by Gasteiger charge is -2.31. The van der Waals surface area contributed by atoms with Gasteiger partial charge in [0.05, 0.1) is 19.3 Å². The predicted octanol–water partition coefficient (Wildman–Crippen LogP) is 4.22. The Kier molecular flexibility index (Phi) is 7.89. The second-order valence-electron chi connectivity index (χ2n) is 10.5. The zero-order valence-electron chi connectivity index (χ0n) is 23.8. The van der Waals surface area contributed by atoms with Crippen LogP contribution in [-0.4, -0.2) is 65.2 Å². The number of carbonyl (C=O) groups is 2. The maximum atomic E-state index is 14.7. The number of aromatic nitrogens is 3. The van der Waals surface area contributed by atoms with Crippen molar-refractivity contribution in [1.29, 1.82) is 0 Å². The maximum absolute atomic E-state index is 14.7. The van der Waals surface area contributed by atoms with Crippen LogP contribution in [0.3, 0.4) is 0 Å². The normalized spacial score (nSPS) is 17.5. The predicted molar refractivity (Wildman–Crippen MR) is 146 cm³/mol.